The standard InChI is InChI=1S/C14H22N2O/c1-11(2)8-9-17-14-5-3-4-13(16-14)10-15-12-6-7-12/h3-5,11-12,15H,6-10H2,1-2H3. The van der Waals surface area contributed by atoms with Crippen LogP contribution in [0.15, 0.2) is 18.2 Å². The van der Waals surface area contributed by atoms with Crippen LogP contribution >= 0.6 is 0 Å². The smallest absolute Gasteiger partial charge is 0.213 e. The summed E-state index contributed by atoms with van der Waals surface area (Å²) in [6.07, 6.45) is 3.70. The molecule has 0 bridgehead atoms. The Bertz CT molecular complexity index is 348. The Morgan fingerprint density at radius 1 is 1.41 bits per heavy atom. The number of aromatic nitrogens is 1. The number of hydrogen-bond acceptors (Lipinski definition) is 3. The molecule has 0 amide bonds. The molecular formula is C14H22N2O. The molecule has 0 saturated heterocycles. The predicted octanol–water partition coefficient (Wildman–Crippen LogP) is 2.76. The van der Waals surface area contributed by atoms with Crippen LogP contribution in [0, 0.1) is 5.92 Å². The number of rotatable bonds is 7. The second-order valence-corrected chi connectivity index (χ2v) is 5.15. The van der Waals surface area contributed by atoms with E-state index in [4.69, 9.17) is 4.74 Å². The van der Waals surface area contributed by atoms with Gasteiger partial charge in [0.15, 0.2) is 0 Å². The Balaban J connectivity index is 1.78. The molecule has 1 fully saturated rings. The lowest BCUT2D eigenvalue weighted by atomic mass is 10.1. The van der Waals surface area contributed by atoms with Crippen LogP contribution in [0.4, 0.5) is 0 Å². The maximum Gasteiger partial charge on any atom is 0.213 e. The van der Waals surface area contributed by atoms with Gasteiger partial charge >= 0.3 is 0 Å². The first-order chi connectivity index (χ1) is 8.24. The van der Waals surface area contributed by atoms with E-state index in [1.165, 1.54) is 12.8 Å². The molecule has 1 heterocycles. The lowest BCUT2D eigenvalue weighted by molar-refractivity contribution is 0.278. The Morgan fingerprint density at radius 3 is 2.94 bits per heavy atom. The zero-order chi connectivity index (χ0) is 12.1. The van der Waals surface area contributed by atoms with Gasteiger partial charge in [0.25, 0.3) is 0 Å². The van der Waals surface area contributed by atoms with Crippen molar-refractivity contribution in [2.24, 2.45) is 5.92 Å². The quantitative estimate of drug-likeness (QED) is 0.787. The molecule has 0 spiro atoms. The number of pyridine rings is 1. The fourth-order valence-electron chi connectivity index (χ4n) is 1.57. The molecule has 17 heavy (non-hydrogen) atoms. The first-order valence-corrected chi connectivity index (χ1v) is 6.56. The fourth-order valence-corrected chi connectivity index (χ4v) is 1.57. The van der Waals surface area contributed by atoms with E-state index in [1.54, 1.807) is 0 Å². The third kappa shape index (κ3) is 4.73. The molecular weight excluding hydrogens is 212 g/mol. The summed E-state index contributed by atoms with van der Waals surface area (Å²) in [5.41, 5.74) is 1.07. The van der Waals surface area contributed by atoms with Crippen LogP contribution < -0.4 is 10.1 Å². The molecule has 2 rings (SSSR count). The van der Waals surface area contributed by atoms with Crippen molar-refractivity contribution < 1.29 is 4.74 Å². The Kier molecular flexibility index (Phi) is 4.37. The number of hydrogen-bond donors (Lipinski definition) is 1. The van der Waals surface area contributed by atoms with Crippen LogP contribution in [0.3, 0.4) is 0 Å². The molecule has 1 aromatic heterocycles. The van der Waals surface area contributed by atoms with Crippen LogP contribution in [0.1, 0.15) is 38.8 Å². The molecule has 3 nitrogen and oxygen atoms in total. The highest BCUT2D eigenvalue weighted by atomic mass is 16.5. The van der Waals surface area contributed by atoms with Gasteiger partial charge in [-0.25, -0.2) is 4.98 Å². The molecule has 94 valence electrons. The van der Waals surface area contributed by atoms with E-state index in [0.29, 0.717) is 5.92 Å². The van der Waals surface area contributed by atoms with E-state index in [2.05, 4.69) is 24.1 Å². The highest BCUT2D eigenvalue weighted by molar-refractivity contribution is 5.15. The number of ether oxygens (including phenoxy) is 1. The third-order valence-corrected chi connectivity index (χ3v) is 2.88. The van der Waals surface area contributed by atoms with Crippen LogP contribution in [0.25, 0.3) is 0 Å². The molecule has 1 saturated carbocycles. The van der Waals surface area contributed by atoms with E-state index in [1.807, 2.05) is 18.2 Å². The minimum atomic E-state index is 0.676. The average molecular weight is 234 g/mol. The van der Waals surface area contributed by atoms with E-state index in [-0.39, 0.29) is 0 Å². The zero-order valence-electron chi connectivity index (χ0n) is 10.8. The molecule has 0 unspecified atom stereocenters. The van der Waals surface area contributed by atoms with Crippen molar-refractivity contribution in [1.29, 1.82) is 0 Å². The lowest BCUT2D eigenvalue weighted by Crippen LogP contribution is -2.16. The SMILES string of the molecule is CC(C)CCOc1cccc(CNC2CC2)n1. The average Bonchev–Trinajstić information content (AvgIpc) is 3.10. The normalized spacial score (nSPS) is 15.2. The largest absolute Gasteiger partial charge is 0.478 e. The van der Waals surface area contributed by atoms with Gasteiger partial charge in [0.1, 0.15) is 0 Å². The van der Waals surface area contributed by atoms with Crippen molar-refractivity contribution in [1.82, 2.24) is 10.3 Å². The van der Waals surface area contributed by atoms with E-state index < -0.39 is 0 Å². The fraction of sp³-hybridized carbons (Fsp3) is 0.643. The molecule has 3 heteroatoms. The maximum atomic E-state index is 5.64. The highest BCUT2D eigenvalue weighted by Gasteiger charge is 2.20. The molecule has 1 N–H and O–H groups in total. The number of nitrogens with one attached hydrogen (secondary N) is 1. The number of nitrogens with zero attached hydrogens (tertiary/aromatic N) is 1. The summed E-state index contributed by atoms with van der Waals surface area (Å²) in [5.74, 6) is 1.43. The van der Waals surface area contributed by atoms with Crippen LogP contribution in [-0.4, -0.2) is 17.6 Å². The first kappa shape index (κ1) is 12.4. The van der Waals surface area contributed by atoms with Crippen molar-refractivity contribution >= 4 is 0 Å². The molecule has 1 aliphatic rings. The monoisotopic (exact) mass is 234 g/mol. The third-order valence-electron chi connectivity index (χ3n) is 2.88. The van der Waals surface area contributed by atoms with Gasteiger partial charge in [-0.2, -0.15) is 0 Å². The summed E-state index contributed by atoms with van der Waals surface area (Å²) < 4.78 is 5.64. The van der Waals surface area contributed by atoms with Crippen molar-refractivity contribution in [3.63, 3.8) is 0 Å². The van der Waals surface area contributed by atoms with Gasteiger partial charge in [-0.3, -0.25) is 0 Å². The lowest BCUT2D eigenvalue weighted by Gasteiger charge is -2.08. The van der Waals surface area contributed by atoms with Gasteiger partial charge < -0.3 is 10.1 Å². The van der Waals surface area contributed by atoms with Gasteiger partial charge in [0.2, 0.25) is 5.88 Å². The molecule has 1 aliphatic carbocycles. The van der Waals surface area contributed by atoms with E-state index >= 15 is 0 Å². The molecule has 1 aromatic rings. The summed E-state index contributed by atoms with van der Waals surface area (Å²) in [4.78, 5) is 4.48. The summed E-state index contributed by atoms with van der Waals surface area (Å²) in [6, 6.07) is 6.72. The van der Waals surface area contributed by atoms with Gasteiger partial charge in [-0.1, -0.05) is 19.9 Å². The Morgan fingerprint density at radius 2 is 2.24 bits per heavy atom. The Hall–Kier alpha value is -1.09. The van der Waals surface area contributed by atoms with Gasteiger partial charge in [-0.05, 0) is 31.2 Å². The van der Waals surface area contributed by atoms with Crippen molar-refractivity contribution in [3.8, 4) is 5.88 Å². The van der Waals surface area contributed by atoms with Crippen molar-refractivity contribution in [2.75, 3.05) is 6.61 Å². The highest BCUT2D eigenvalue weighted by Crippen LogP contribution is 2.19. The second kappa shape index (κ2) is 6.01. The summed E-state index contributed by atoms with van der Waals surface area (Å²) >= 11 is 0. The predicted molar refractivity (Wildman–Crippen MR) is 69.0 cm³/mol. The van der Waals surface area contributed by atoms with Crippen LogP contribution in [-0.2, 0) is 6.54 Å². The topological polar surface area (TPSA) is 34.1 Å². The minimum absolute atomic E-state index is 0.676. The van der Waals surface area contributed by atoms with Crippen molar-refractivity contribution in [3.05, 3.63) is 23.9 Å². The van der Waals surface area contributed by atoms with Gasteiger partial charge in [0, 0.05) is 18.7 Å². The van der Waals surface area contributed by atoms with Crippen LogP contribution in [0.5, 0.6) is 5.88 Å². The van der Waals surface area contributed by atoms with Crippen LogP contribution in [0.2, 0.25) is 0 Å². The zero-order valence-corrected chi connectivity index (χ0v) is 10.8. The van der Waals surface area contributed by atoms with Gasteiger partial charge in [-0.15, -0.1) is 0 Å². The van der Waals surface area contributed by atoms with E-state index in [0.717, 1.165) is 37.2 Å². The summed E-state index contributed by atoms with van der Waals surface area (Å²) in [6.45, 7) is 6.01. The summed E-state index contributed by atoms with van der Waals surface area (Å²) in [7, 11) is 0. The van der Waals surface area contributed by atoms with Gasteiger partial charge in [0.05, 0.1) is 12.3 Å². The maximum absolute atomic E-state index is 5.64. The summed E-state index contributed by atoms with van der Waals surface area (Å²) in [5, 5.41) is 3.46. The first-order valence-electron chi connectivity index (χ1n) is 6.56. The molecule has 0 aliphatic heterocycles. The Labute approximate surface area is 104 Å². The van der Waals surface area contributed by atoms with Crippen molar-refractivity contribution in [2.45, 2.75) is 45.7 Å². The molecule has 0 aromatic carbocycles. The molecule has 0 atom stereocenters. The minimum Gasteiger partial charge on any atom is -0.478 e. The molecule has 0 radical (unpaired) electrons. The second-order valence-electron chi connectivity index (χ2n) is 5.15. The van der Waals surface area contributed by atoms with E-state index in [9.17, 15) is 0 Å².